The third kappa shape index (κ3) is 2.33. The van der Waals surface area contributed by atoms with Crippen molar-refractivity contribution >= 4 is 15.9 Å². The van der Waals surface area contributed by atoms with Gasteiger partial charge in [-0.15, -0.1) is 0 Å². The van der Waals surface area contributed by atoms with Crippen molar-refractivity contribution in [2.45, 2.75) is 27.1 Å². The van der Waals surface area contributed by atoms with Gasteiger partial charge in [0, 0.05) is 26.4 Å². The highest BCUT2D eigenvalue weighted by atomic mass is 79.9. The second-order valence-corrected chi connectivity index (χ2v) is 2.56. The van der Waals surface area contributed by atoms with Crippen LogP contribution < -0.4 is 0 Å². The van der Waals surface area contributed by atoms with Crippen molar-refractivity contribution in [1.82, 2.24) is 9.55 Å². The predicted molar refractivity (Wildman–Crippen MR) is 49.5 cm³/mol. The first-order valence-electron chi connectivity index (χ1n) is 8.63. The molecule has 0 N–H and O–H groups in total. The van der Waals surface area contributed by atoms with Crippen LogP contribution in [0.1, 0.15) is 36.0 Å². The van der Waals surface area contributed by atoms with E-state index in [1.807, 2.05) is 0 Å². The Balaban J connectivity index is 3.76. The molecule has 1 rings (SSSR count). The standard InChI is InChI=1S/C8H13BrN2/c1-6(2)4-11-5-8(9)10-7(11)3/h5-6H,4H2,1-3H3/i1D3,2D3,3D3,4D2,6D. The quantitative estimate of drug-likeness (QED) is 0.762. The molecule has 0 saturated carbocycles. The van der Waals surface area contributed by atoms with Gasteiger partial charge in [0.2, 0.25) is 0 Å². The van der Waals surface area contributed by atoms with E-state index in [2.05, 4.69) is 20.9 Å². The molecule has 0 fully saturated rings. The van der Waals surface area contributed by atoms with Crippen LogP contribution >= 0.6 is 15.9 Å². The van der Waals surface area contributed by atoms with Crippen molar-refractivity contribution in [1.29, 1.82) is 0 Å². The second kappa shape index (κ2) is 3.39. The van der Waals surface area contributed by atoms with E-state index in [0.717, 1.165) is 6.20 Å². The largest absolute Gasteiger partial charge is 0.334 e. The summed E-state index contributed by atoms with van der Waals surface area (Å²) in [6, 6.07) is 0. The SMILES string of the molecule is [2H]C([2H])([2H])c1nc(Br)cn1C([2H])([2H])C([2H])(C([2H])([2H])[2H])C([2H])([2H])[2H]. The lowest BCUT2D eigenvalue weighted by molar-refractivity contribution is 0.514. The molecule has 0 aliphatic rings. The molecule has 11 heavy (non-hydrogen) atoms. The molecule has 0 spiro atoms. The van der Waals surface area contributed by atoms with Crippen molar-refractivity contribution in [3.05, 3.63) is 16.6 Å². The first kappa shape index (κ1) is 1.95. The highest BCUT2D eigenvalue weighted by molar-refractivity contribution is 9.10. The number of rotatable bonds is 2. The van der Waals surface area contributed by atoms with Gasteiger partial charge in [0.15, 0.2) is 0 Å². The van der Waals surface area contributed by atoms with Crippen LogP contribution in [-0.4, -0.2) is 9.55 Å². The lowest BCUT2D eigenvalue weighted by atomic mass is 10.2. The maximum atomic E-state index is 7.98. The number of halogens is 1. The maximum absolute atomic E-state index is 7.98. The number of aromatic nitrogens is 2. The van der Waals surface area contributed by atoms with Crippen molar-refractivity contribution in [3.63, 3.8) is 0 Å². The Morgan fingerprint density at radius 3 is 3.45 bits per heavy atom. The zero-order chi connectivity index (χ0) is 18.6. The molecule has 1 heterocycles. The molecule has 1 aromatic heterocycles. The van der Waals surface area contributed by atoms with E-state index in [1.54, 1.807) is 0 Å². The molecule has 0 aliphatic carbocycles. The minimum atomic E-state index is -3.62. The van der Waals surface area contributed by atoms with Gasteiger partial charge in [-0.3, -0.25) is 0 Å². The van der Waals surface area contributed by atoms with Gasteiger partial charge in [0.25, 0.3) is 0 Å². The van der Waals surface area contributed by atoms with Gasteiger partial charge in [-0.25, -0.2) is 4.98 Å². The second-order valence-electron chi connectivity index (χ2n) is 1.74. The van der Waals surface area contributed by atoms with Gasteiger partial charge < -0.3 is 4.57 Å². The lowest BCUT2D eigenvalue weighted by Crippen LogP contribution is -2.04. The molecule has 0 saturated heterocycles. The van der Waals surface area contributed by atoms with Gasteiger partial charge in [-0.1, -0.05) is 13.7 Å². The Morgan fingerprint density at radius 2 is 2.82 bits per heavy atom. The van der Waals surface area contributed by atoms with Crippen LogP contribution in [0.3, 0.4) is 0 Å². The maximum Gasteiger partial charge on any atom is 0.124 e. The molecule has 1 aromatic rings. The van der Waals surface area contributed by atoms with Crippen molar-refractivity contribution in [2.24, 2.45) is 5.89 Å². The van der Waals surface area contributed by atoms with E-state index in [-0.39, 0.29) is 9.17 Å². The smallest absolute Gasteiger partial charge is 0.124 e. The molecular formula is C8H13BrN2. The summed E-state index contributed by atoms with van der Waals surface area (Å²) in [6.07, 6.45) is 0.808. The Kier molecular flexibility index (Phi) is 0.601. The van der Waals surface area contributed by atoms with Crippen LogP contribution in [0.5, 0.6) is 0 Å². The van der Waals surface area contributed by atoms with Gasteiger partial charge in [-0.05, 0) is 28.7 Å². The highest BCUT2D eigenvalue weighted by Crippen LogP contribution is 2.10. The first-order chi connectivity index (χ1) is 9.87. The summed E-state index contributed by atoms with van der Waals surface area (Å²) >= 11 is 2.84. The monoisotopic (exact) mass is 228 g/mol. The van der Waals surface area contributed by atoms with Crippen LogP contribution in [0.2, 0.25) is 0 Å². The summed E-state index contributed by atoms with van der Waals surface area (Å²) < 4.78 is 90.1. The predicted octanol–water partition coefficient (Wildman–Crippen LogP) is 2.61. The van der Waals surface area contributed by atoms with Crippen LogP contribution in [0, 0.1) is 12.7 Å². The number of aryl methyl sites for hydroxylation is 1. The Bertz CT molecular complexity index is 565. The van der Waals surface area contributed by atoms with Crippen LogP contribution in [0.15, 0.2) is 10.8 Å². The van der Waals surface area contributed by atoms with Crippen molar-refractivity contribution < 1.29 is 16.4 Å². The molecule has 0 aromatic carbocycles. The molecule has 3 heteroatoms. The molecule has 0 amide bonds. The molecule has 0 unspecified atom stereocenters. The number of hydrogen-bond donors (Lipinski definition) is 0. The van der Waals surface area contributed by atoms with Crippen LogP contribution in [-0.2, 0) is 6.50 Å². The van der Waals surface area contributed by atoms with E-state index in [1.165, 1.54) is 0 Å². The molecule has 62 valence electrons. The highest BCUT2D eigenvalue weighted by Gasteiger charge is 2.02. The van der Waals surface area contributed by atoms with E-state index in [9.17, 15) is 0 Å². The van der Waals surface area contributed by atoms with E-state index in [0.29, 0.717) is 0 Å². The van der Waals surface area contributed by atoms with E-state index >= 15 is 0 Å². The molecule has 0 aliphatic heterocycles. The fourth-order valence-corrected chi connectivity index (χ4v) is 0.930. The third-order valence-corrected chi connectivity index (χ3v) is 1.29. The minimum Gasteiger partial charge on any atom is -0.334 e. The topological polar surface area (TPSA) is 17.8 Å². The first-order valence-corrected chi connectivity index (χ1v) is 3.42. The van der Waals surface area contributed by atoms with Crippen molar-refractivity contribution in [2.75, 3.05) is 0 Å². The van der Waals surface area contributed by atoms with Gasteiger partial charge in [0.1, 0.15) is 10.4 Å². The average Bonchev–Trinajstić information content (AvgIpc) is 2.67. The summed E-state index contributed by atoms with van der Waals surface area (Å²) in [6.45, 7) is -13.5. The third-order valence-electron chi connectivity index (χ3n) is 0.909. The zero-order valence-corrected chi connectivity index (χ0v) is 6.94. The normalized spacial score (nSPS) is 32.8. The van der Waals surface area contributed by atoms with Crippen molar-refractivity contribution in [3.8, 4) is 0 Å². The summed E-state index contributed by atoms with van der Waals surface area (Å²) in [5.74, 6) is -4.48. The lowest BCUT2D eigenvalue weighted by Gasteiger charge is -2.06. The van der Waals surface area contributed by atoms with Gasteiger partial charge in [0.05, 0.1) is 2.74 Å². The molecule has 0 bridgehead atoms. The van der Waals surface area contributed by atoms with E-state index < -0.39 is 38.8 Å². The fraction of sp³-hybridized carbons (Fsp3) is 0.625. The Labute approximate surface area is 92.6 Å². The van der Waals surface area contributed by atoms with Crippen LogP contribution in [0.4, 0.5) is 0 Å². The average molecular weight is 229 g/mol. The summed E-state index contributed by atoms with van der Waals surface area (Å²) in [5, 5.41) is 0. The Hall–Kier alpha value is -0.310. The number of nitrogens with zero attached hydrogens (tertiary/aromatic N) is 2. The molecule has 2 nitrogen and oxygen atoms in total. The number of imidazole rings is 1. The summed E-state index contributed by atoms with van der Waals surface area (Å²) in [4.78, 5) is 3.55. The minimum absolute atomic E-state index is 0.133. The summed E-state index contributed by atoms with van der Waals surface area (Å²) in [5.41, 5.74) is 0. The molecular weight excluding hydrogens is 204 g/mol. The Morgan fingerprint density at radius 1 is 2.00 bits per heavy atom. The molecule has 0 atom stereocenters. The fourth-order valence-electron chi connectivity index (χ4n) is 0.557. The zero-order valence-electron chi connectivity index (χ0n) is 17.3. The van der Waals surface area contributed by atoms with E-state index in [4.69, 9.17) is 16.4 Å². The summed E-state index contributed by atoms with van der Waals surface area (Å²) in [7, 11) is 0. The van der Waals surface area contributed by atoms with Gasteiger partial charge in [-0.2, -0.15) is 0 Å². The van der Waals surface area contributed by atoms with Gasteiger partial charge >= 0.3 is 0 Å². The number of hydrogen-bond acceptors (Lipinski definition) is 1. The molecule has 0 radical (unpaired) electrons. The van der Waals surface area contributed by atoms with Crippen LogP contribution in [0.25, 0.3) is 0 Å².